The molecule has 1 N–H and O–H groups in total. The molecule has 2 heterocycles. The Morgan fingerprint density at radius 1 is 1.33 bits per heavy atom. The molecule has 100 valence electrons. The van der Waals surface area contributed by atoms with Gasteiger partial charge in [0.05, 0.1) is 0 Å². The first kappa shape index (κ1) is 13.4. The maximum absolute atomic E-state index is 11.8. The molecule has 1 aliphatic heterocycles. The van der Waals surface area contributed by atoms with Gasteiger partial charge >= 0.3 is 0 Å². The molecule has 1 saturated heterocycles. The predicted octanol–water partition coefficient (Wildman–Crippen LogP) is 1.91. The second-order valence-electron chi connectivity index (χ2n) is 4.55. The van der Waals surface area contributed by atoms with Gasteiger partial charge in [-0.25, -0.2) is 0 Å². The first-order chi connectivity index (χ1) is 8.78. The Morgan fingerprint density at radius 3 is 2.78 bits per heavy atom. The second-order valence-corrected chi connectivity index (χ2v) is 5.62. The lowest BCUT2D eigenvalue weighted by atomic mass is 10.1. The minimum atomic E-state index is 0.0411. The molecule has 0 bridgehead atoms. The highest BCUT2D eigenvalue weighted by molar-refractivity contribution is 7.15. The number of aryl methyl sites for hydroxylation is 1. The molecule has 1 fully saturated rings. The zero-order chi connectivity index (χ0) is 12.8. The van der Waals surface area contributed by atoms with Crippen molar-refractivity contribution < 1.29 is 4.79 Å². The van der Waals surface area contributed by atoms with Crippen LogP contribution in [0.15, 0.2) is 0 Å². The van der Waals surface area contributed by atoms with Crippen LogP contribution in [0.5, 0.6) is 0 Å². The number of aromatic nitrogens is 2. The van der Waals surface area contributed by atoms with Gasteiger partial charge in [-0.05, 0) is 32.4 Å². The fourth-order valence-electron chi connectivity index (χ4n) is 2.07. The summed E-state index contributed by atoms with van der Waals surface area (Å²) in [7, 11) is 0. The van der Waals surface area contributed by atoms with Crippen molar-refractivity contribution in [2.45, 2.75) is 39.0 Å². The van der Waals surface area contributed by atoms with Crippen LogP contribution in [0.25, 0.3) is 0 Å². The second kappa shape index (κ2) is 6.80. The van der Waals surface area contributed by atoms with Gasteiger partial charge in [-0.1, -0.05) is 24.7 Å². The SMILES string of the molecule is CCc1nnc(NC(=O)CCN2CCCCC2)s1. The van der Waals surface area contributed by atoms with E-state index in [1.807, 2.05) is 6.92 Å². The zero-order valence-electron chi connectivity index (χ0n) is 10.8. The topological polar surface area (TPSA) is 58.1 Å². The fourth-order valence-corrected chi connectivity index (χ4v) is 2.77. The number of carbonyl (C=O) groups is 1. The van der Waals surface area contributed by atoms with Crippen LogP contribution in [0.2, 0.25) is 0 Å². The monoisotopic (exact) mass is 268 g/mol. The van der Waals surface area contributed by atoms with Crippen molar-refractivity contribution >= 4 is 22.4 Å². The Hall–Kier alpha value is -1.01. The van der Waals surface area contributed by atoms with Crippen LogP contribution in [0, 0.1) is 0 Å². The fraction of sp³-hybridized carbons (Fsp3) is 0.750. The Kier molecular flexibility index (Phi) is 5.07. The summed E-state index contributed by atoms with van der Waals surface area (Å²) in [4.78, 5) is 14.1. The number of anilines is 1. The zero-order valence-corrected chi connectivity index (χ0v) is 11.6. The van der Waals surface area contributed by atoms with Crippen molar-refractivity contribution in [3.05, 3.63) is 5.01 Å². The molecule has 1 aromatic heterocycles. The number of piperidine rings is 1. The molecule has 1 amide bonds. The molecule has 1 aromatic rings. The molecule has 6 heteroatoms. The molecule has 0 saturated carbocycles. The third kappa shape index (κ3) is 4.03. The van der Waals surface area contributed by atoms with Crippen LogP contribution in [0.3, 0.4) is 0 Å². The third-order valence-electron chi connectivity index (χ3n) is 3.12. The van der Waals surface area contributed by atoms with Gasteiger partial charge in [0.1, 0.15) is 5.01 Å². The summed E-state index contributed by atoms with van der Waals surface area (Å²) in [6.07, 6.45) is 5.26. The van der Waals surface area contributed by atoms with E-state index in [1.165, 1.54) is 30.6 Å². The van der Waals surface area contributed by atoms with Gasteiger partial charge < -0.3 is 10.2 Å². The molecular formula is C12H20N4OS. The maximum atomic E-state index is 11.8. The number of amides is 1. The average Bonchev–Trinajstić information content (AvgIpc) is 2.85. The van der Waals surface area contributed by atoms with Crippen molar-refractivity contribution in [1.82, 2.24) is 15.1 Å². The summed E-state index contributed by atoms with van der Waals surface area (Å²) in [5.74, 6) is 0.0411. The van der Waals surface area contributed by atoms with E-state index in [1.54, 1.807) is 0 Å². The highest BCUT2D eigenvalue weighted by atomic mass is 32.1. The van der Waals surface area contributed by atoms with E-state index >= 15 is 0 Å². The van der Waals surface area contributed by atoms with Crippen LogP contribution < -0.4 is 5.32 Å². The summed E-state index contributed by atoms with van der Waals surface area (Å²) in [6.45, 7) is 5.14. The largest absolute Gasteiger partial charge is 0.303 e. The Bertz CT molecular complexity index is 387. The van der Waals surface area contributed by atoms with Crippen LogP contribution in [0.4, 0.5) is 5.13 Å². The normalized spacial score (nSPS) is 16.7. The molecule has 5 nitrogen and oxygen atoms in total. The number of hydrogen-bond donors (Lipinski definition) is 1. The molecular weight excluding hydrogens is 248 g/mol. The highest BCUT2D eigenvalue weighted by Crippen LogP contribution is 2.15. The number of likely N-dealkylation sites (tertiary alicyclic amines) is 1. The average molecular weight is 268 g/mol. The predicted molar refractivity (Wildman–Crippen MR) is 72.8 cm³/mol. The summed E-state index contributed by atoms with van der Waals surface area (Å²) in [5.41, 5.74) is 0. The molecule has 0 aliphatic carbocycles. The smallest absolute Gasteiger partial charge is 0.227 e. The molecule has 0 radical (unpaired) electrons. The lowest BCUT2D eigenvalue weighted by Crippen LogP contribution is -2.32. The number of nitrogens with zero attached hydrogens (tertiary/aromatic N) is 3. The quantitative estimate of drug-likeness (QED) is 0.886. The van der Waals surface area contributed by atoms with E-state index in [0.29, 0.717) is 11.6 Å². The van der Waals surface area contributed by atoms with Crippen LogP contribution in [-0.2, 0) is 11.2 Å². The Balaban J connectivity index is 1.71. The third-order valence-corrected chi connectivity index (χ3v) is 4.10. The minimum absolute atomic E-state index is 0.0411. The number of nitrogens with one attached hydrogen (secondary N) is 1. The molecule has 0 atom stereocenters. The maximum Gasteiger partial charge on any atom is 0.227 e. The van der Waals surface area contributed by atoms with E-state index < -0.39 is 0 Å². The first-order valence-electron chi connectivity index (χ1n) is 6.62. The lowest BCUT2D eigenvalue weighted by molar-refractivity contribution is -0.116. The van der Waals surface area contributed by atoms with E-state index in [2.05, 4.69) is 20.4 Å². The van der Waals surface area contributed by atoms with Gasteiger partial charge in [0.2, 0.25) is 11.0 Å². The molecule has 0 aromatic carbocycles. The van der Waals surface area contributed by atoms with Crippen LogP contribution >= 0.6 is 11.3 Å². The van der Waals surface area contributed by atoms with E-state index in [4.69, 9.17) is 0 Å². The van der Waals surface area contributed by atoms with Gasteiger partial charge in [0.25, 0.3) is 0 Å². The van der Waals surface area contributed by atoms with Gasteiger partial charge in [-0.3, -0.25) is 4.79 Å². The summed E-state index contributed by atoms with van der Waals surface area (Å²) in [6, 6.07) is 0. The minimum Gasteiger partial charge on any atom is -0.303 e. The highest BCUT2D eigenvalue weighted by Gasteiger charge is 2.12. The molecule has 0 spiro atoms. The molecule has 18 heavy (non-hydrogen) atoms. The van der Waals surface area contributed by atoms with E-state index in [9.17, 15) is 4.79 Å². The van der Waals surface area contributed by atoms with Crippen molar-refractivity contribution in [3.8, 4) is 0 Å². The number of rotatable bonds is 5. The van der Waals surface area contributed by atoms with Crippen molar-refractivity contribution in [2.75, 3.05) is 25.0 Å². The summed E-state index contributed by atoms with van der Waals surface area (Å²) in [5, 5.41) is 12.3. The van der Waals surface area contributed by atoms with Gasteiger partial charge in [-0.15, -0.1) is 10.2 Å². The van der Waals surface area contributed by atoms with Gasteiger partial charge in [0, 0.05) is 13.0 Å². The first-order valence-corrected chi connectivity index (χ1v) is 7.44. The number of carbonyl (C=O) groups excluding carboxylic acids is 1. The Morgan fingerprint density at radius 2 is 2.11 bits per heavy atom. The van der Waals surface area contributed by atoms with Crippen molar-refractivity contribution in [1.29, 1.82) is 0 Å². The van der Waals surface area contributed by atoms with E-state index in [0.717, 1.165) is 31.1 Å². The number of hydrogen-bond acceptors (Lipinski definition) is 5. The van der Waals surface area contributed by atoms with Crippen molar-refractivity contribution in [3.63, 3.8) is 0 Å². The van der Waals surface area contributed by atoms with Crippen LogP contribution in [-0.4, -0.2) is 40.6 Å². The van der Waals surface area contributed by atoms with Crippen molar-refractivity contribution in [2.24, 2.45) is 0 Å². The van der Waals surface area contributed by atoms with E-state index in [-0.39, 0.29) is 5.91 Å². The Labute approximate surface area is 112 Å². The summed E-state index contributed by atoms with van der Waals surface area (Å²) < 4.78 is 0. The molecule has 1 aliphatic rings. The lowest BCUT2D eigenvalue weighted by Gasteiger charge is -2.25. The van der Waals surface area contributed by atoms with Gasteiger partial charge in [-0.2, -0.15) is 0 Å². The standard InChI is InChI=1S/C12H20N4OS/c1-2-11-14-15-12(18-11)13-10(17)6-9-16-7-4-3-5-8-16/h2-9H2,1H3,(H,13,15,17). The van der Waals surface area contributed by atoms with Crippen LogP contribution in [0.1, 0.15) is 37.6 Å². The summed E-state index contributed by atoms with van der Waals surface area (Å²) >= 11 is 1.45. The molecule has 0 unspecified atom stereocenters. The van der Waals surface area contributed by atoms with Gasteiger partial charge in [0.15, 0.2) is 0 Å². The molecule has 2 rings (SSSR count).